The van der Waals surface area contributed by atoms with Crippen LogP contribution in [0.25, 0.3) is 0 Å². The quantitative estimate of drug-likeness (QED) is 0.904. The number of aromatic amines is 1. The lowest BCUT2D eigenvalue weighted by molar-refractivity contribution is 0.0949. The van der Waals surface area contributed by atoms with Gasteiger partial charge < -0.3 is 10.3 Å². The fourth-order valence-electron chi connectivity index (χ4n) is 1.53. The lowest BCUT2D eigenvalue weighted by Crippen LogP contribution is -2.28. The third-order valence-corrected chi connectivity index (χ3v) is 2.79. The Labute approximate surface area is 113 Å². The first kappa shape index (κ1) is 13.3. The summed E-state index contributed by atoms with van der Waals surface area (Å²) in [6, 6.07) is 7.14. The highest BCUT2D eigenvalue weighted by Gasteiger charge is 2.09. The maximum atomic E-state index is 13.0. The topological polar surface area (TPSA) is 62.0 Å². The lowest BCUT2D eigenvalue weighted by Gasteiger charge is -2.05. The van der Waals surface area contributed by atoms with Crippen LogP contribution in [0.5, 0.6) is 0 Å². The Hall–Kier alpha value is -2.14. The predicted octanol–water partition coefficient (Wildman–Crippen LogP) is 2.10. The van der Waals surface area contributed by atoms with Crippen molar-refractivity contribution < 1.29 is 9.18 Å². The molecule has 1 aromatic carbocycles. The van der Waals surface area contributed by atoms with Crippen molar-refractivity contribution in [3.63, 3.8) is 0 Å². The summed E-state index contributed by atoms with van der Waals surface area (Å²) in [7, 11) is 0. The maximum Gasteiger partial charge on any atom is 0.260 e. The third kappa shape index (κ3) is 3.20. The summed E-state index contributed by atoms with van der Waals surface area (Å²) in [5, 5.41) is 2.55. The zero-order valence-electron chi connectivity index (χ0n) is 9.74. The van der Waals surface area contributed by atoms with Crippen LogP contribution >= 0.6 is 11.6 Å². The molecule has 0 saturated carbocycles. The van der Waals surface area contributed by atoms with E-state index in [0.29, 0.717) is 5.56 Å². The molecule has 2 rings (SSSR count). The summed E-state index contributed by atoms with van der Waals surface area (Å²) in [5.74, 6) is -1.02. The molecule has 19 heavy (non-hydrogen) atoms. The molecule has 0 unspecified atom stereocenters. The first-order valence-electron chi connectivity index (χ1n) is 5.48. The monoisotopic (exact) mass is 280 g/mol. The number of nitrogens with one attached hydrogen (secondary N) is 2. The number of rotatable bonds is 3. The number of pyridine rings is 1. The van der Waals surface area contributed by atoms with Crippen LogP contribution in [0.4, 0.5) is 4.39 Å². The SMILES string of the molecule is O=C(NCc1ccc(F)c(Cl)c1)c1ccc[nH]c1=O. The van der Waals surface area contributed by atoms with E-state index in [-0.39, 0.29) is 17.1 Å². The third-order valence-electron chi connectivity index (χ3n) is 2.50. The molecule has 0 bridgehead atoms. The van der Waals surface area contributed by atoms with Crippen molar-refractivity contribution in [2.24, 2.45) is 0 Å². The van der Waals surface area contributed by atoms with E-state index in [1.165, 1.54) is 30.5 Å². The number of amides is 1. The van der Waals surface area contributed by atoms with Crippen molar-refractivity contribution in [1.82, 2.24) is 10.3 Å². The largest absolute Gasteiger partial charge is 0.348 e. The molecule has 0 fully saturated rings. The fraction of sp³-hybridized carbons (Fsp3) is 0.0769. The molecular weight excluding hydrogens is 271 g/mol. The van der Waals surface area contributed by atoms with Crippen LogP contribution < -0.4 is 10.9 Å². The van der Waals surface area contributed by atoms with Gasteiger partial charge in [-0.1, -0.05) is 17.7 Å². The van der Waals surface area contributed by atoms with Gasteiger partial charge in [0.15, 0.2) is 0 Å². The van der Waals surface area contributed by atoms with Gasteiger partial charge in [-0.15, -0.1) is 0 Å². The van der Waals surface area contributed by atoms with E-state index in [0.717, 1.165) is 0 Å². The molecule has 1 aromatic heterocycles. The van der Waals surface area contributed by atoms with E-state index < -0.39 is 17.3 Å². The Bertz CT molecular complexity index is 670. The first-order chi connectivity index (χ1) is 9.08. The summed E-state index contributed by atoms with van der Waals surface area (Å²) < 4.78 is 13.0. The van der Waals surface area contributed by atoms with Crippen molar-refractivity contribution in [1.29, 1.82) is 0 Å². The Morgan fingerprint density at radius 2 is 2.16 bits per heavy atom. The molecule has 4 nitrogen and oxygen atoms in total. The van der Waals surface area contributed by atoms with Gasteiger partial charge in [0.25, 0.3) is 11.5 Å². The summed E-state index contributed by atoms with van der Waals surface area (Å²) in [5.41, 5.74) is 0.208. The Balaban J connectivity index is 2.07. The number of hydrogen-bond donors (Lipinski definition) is 2. The van der Waals surface area contributed by atoms with Gasteiger partial charge in [-0.2, -0.15) is 0 Å². The van der Waals surface area contributed by atoms with Gasteiger partial charge in [0, 0.05) is 12.7 Å². The summed E-state index contributed by atoms with van der Waals surface area (Å²) in [4.78, 5) is 25.5. The van der Waals surface area contributed by atoms with Crippen molar-refractivity contribution in [3.05, 3.63) is 68.8 Å². The van der Waals surface area contributed by atoms with Crippen LogP contribution in [0.3, 0.4) is 0 Å². The smallest absolute Gasteiger partial charge is 0.260 e. The molecule has 0 spiro atoms. The van der Waals surface area contributed by atoms with Crippen molar-refractivity contribution in [2.45, 2.75) is 6.54 Å². The van der Waals surface area contributed by atoms with E-state index >= 15 is 0 Å². The fourth-order valence-corrected chi connectivity index (χ4v) is 1.73. The van der Waals surface area contributed by atoms with Gasteiger partial charge in [-0.3, -0.25) is 9.59 Å². The average Bonchev–Trinajstić information content (AvgIpc) is 2.40. The zero-order chi connectivity index (χ0) is 13.8. The van der Waals surface area contributed by atoms with E-state index in [1.807, 2.05) is 0 Å². The molecule has 0 aliphatic carbocycles. The molecule has 1 amide bonds. The van der Waals surface area contributed by atoms with Crippen LogP contribution in [0, 0.1) is 5.82 Å². The molecule has 0 aliphatic heterocycles. The first-order valence-corrected chi connectivity index (χ1v) is 5.85. The van der Waals surface area contributed by atoms with E-state index in [4.69, 9.17) is 11.6 Å². The van der Waals surface area contributed by atoms with Crippen LogP contribution in [0.15, 0.2) is 41.3 Å². The number of benzene rings is 1. The Kier molecular flexibility index (Phi) is 3.97. The molecule has 0 atom stereocenters. The van der Waals surface area contributed by atoms with Gasteiger partial charge in [0.1, 0.15) is 11.4 Å². The molecule has 0 aliphatic rings. The minimum atomic E-state index is -0.517. The maximum absolute atomic E-state index is 13.0. The zero-order valence-corrected chi connectivity index (χ0v) is 10.5. The van der Waals surface area contributed by atoms with Crippen molar-refractivity contribution in [3.8, 4) is 0 Å². The van der Waals surface area contributed by atoms with E-state index in [2.05, 4.69) is 10.3 Å². The summed E-state index contributed by atoms with van der Waals surface area (Å²) in [6.45, 7) is 0.160. The van der Waals surface area contributed by atoms with Gasteiger partial charge in [-0.25, -0.2) is 4.39 Å². The summed E-state index contributed by atoms with van der Waals surface area (Å²) >= 11 is 5.63. The molecule has 2 aromatic rings. The summed E-state index contributed by atoms with van der Waals surface area (Å²) in [6.07, 6.45) is 1.44. The lowest BCUT2D eigenvalue weighted by atomic mass is 10.2. The van der Waals surface area contributed by atoms with E-state index in [9.17, 15) is 14.0 Å². The Morgan fingerprint density at radius 3 is 2.84 bits per heavy atom. The molecule has 0 radical (unpaired) electrons. The highest BCUT2D eigenvalue weighted by molar-refractivity contribution is 6.30. The minimum absolute atomic E-state index is 0.00990. The average molecular weight is 281 g/mol. The van der Waals surface area contributed by atoms with Crippen LogP contribution in [0.2, 0.25) is 5.02 Å². The number of H-pyrrole nitrogens is 1. The number of hydrogen-bond acceptors (Lipinski definition) is 2. The second kappa shape index (κ2) is 5.67. The van der Waals surface area contributed by atoms with Crippen LogP contribution in [-0.4, -0.2) is 10.9 Å². The second-order valence-corrected chi connectivity index (χ2v) is 4.25. The molecule has 98 valence electrons. The van der Waals surface area contributed by atoms with Gasteiger partial charge >= 0.3 is 0 Å². The number of carbonyl (C=O) groups is 1. The number of halogens is 2. The molecular formula is C13H10ClFN2O2. The minimum Gasteiger partial charge on any atom is -0.348 e. The number of aromatic nitrogens is 1. The van der Waals surface area contributed by atoms with Gasteiger partial charge in [0.2, 0.25) is 0 Å². The van der Waals surface area contributed by atoms with E-state index in [1.54, 1.807) is 6.07 Å². The van der Waals surface area contributed by atoms with Crippen LogP contribution in [0.1, 0.15) is 15.9 Å². The predicted molar refractivity (Wildman–Crippen MR) is 69.6 cm³/mol. The highest BCUT2D eigenvalue weighted by atomic mass is 35.5. The normalized spacial score (nSPS) is 10.2. The number of carbonyl (C=O) groups excluding carboxylic acids is 1. The molecule has 1 heterocycles. The van der Waals surface area contributed by atoms with Gasteiger partial charge in [-0.05, 0) is 29.8 Å². The highest BCUT2D eigenvalue weighted by Crippen LogP contribution is 2.15. The standard InChI is InChI=1S/C13H10ClFN2O2/c14-10-6-8(3-4-11(10)15)7-17-13(19)9-2-1-5-16-12(9)18/h1-6H,7H2,(H,16,18)(H,17,19). The van der Waals surface area contributed by atoms with Crippen molar-refractivity contribution >= 4 is 17.5 Å². The second-order valence-electron chi connectivity index (χ2n) is 3.84. The van der Waals surface area contributed by atoms with Crippen molar-refractivity contribution in [2.75, 3.05) is 0 Å². The molecule has 2 N–H and O–H groups in total. The molecule has 6 heteroatoms. The Morgan fingerprint density at radius 1 is 1.37 bits per heavy atom. The van der Waals surface area contributed by atoms with Crippen LogP contribution in [-0.2, 0) is 6.54 Å². The van der Waals surface area contributed by atoms with Gasteiger partial charge in [0.05, 0.1) is 5.02 Å². The molecule has 0 saturated heterocycles.